The molecule has 0 amide bonds. The molecule has 0 aromatic carbocycles. The second-order valence-corrected chi connectivity index (χ2v) is 1.02. The summed E-state index contributed by atoms with van der Waals surface area (Å²) in [6.07, 6.45) is -0.954. The average molecular weight is 99.0 g/mol. The maximum atomic E-state index is 8.17. The summed E-state index contributed by atoms with van der Waals surface area (Å²) in [7, 11) is 0. The Labute approximate surface area is 54.1 Å². The first-order valence-electron chi connectivity index (χ1n) is 1.71. The van der Waals surface area contributed by atoms with Gasteiger partial charge in [0.15, 0.2) is 0 Å². The Hall–Kier alpha value is 0.477. The van der Waals surface area contributed by atoms with E-state index >= 15 is 0 Å². The van der Waals surface area contributed by atoms with Crippen LogP contribution in [0.1, 0.15) is 0 Å². The van der Waals surface area contributed by atoms with Crippen molar-refractivity contribution >= 4 is 18.9 Å². The molecule has 0 aromatic heterocycles. The molecule has 0 aromatic rings. The first-order valence-corrected chi connectivity index (χ1v) is 1.71. The smallest absolute Gasteiger partial charge is 0.100 e. The van der Waals surface area contributed by atoms with Crippen LogP contribution in [0.4, 0.5) is 0 Å². The van der Waals surface area contributed by atoms with Crippen LogP contribution in [0.5, 0.6) is 0 Å². The predicted molar refractivity (Wildman–Crippen MR) is 25.9 cm³/mol. The molecule has 0 saturated carbocycles. The van der Waals surface area contributed by atoms with E-state index in [4.69, 9.17) is 15.3 Å². The van der Waals surface area contributed by atoms with Crippen LogP contribution in [0.3, 0.4) is 0 Å². The molecule has 3 nitrogen and oxygen atoms in total. The van der Waals surface area contributed by atoms with Crippen molar-refractivity contribution in [1.29, 1.82) is 0 Å². The van der Waals surface area contributed by atoms with Crippen molar-refractivity contribution in [2.24, 2.45) is 0 Å². The van der Waals surface area contributed by atoms with Gasteiger partial charge in [-0.1, -0.05) is 0 Å². The fourth-order valence-electron chi connectivity index (χ4n) is 0.0577. The molecule has 0 aliphatic rings. The fraction of sp³-hybridized carbons (Fsp3) is 1.00. The Bertz CT molecular complexity index is 29.4. The molecule has 3 N–H and O–H groups in total. The molecule has 0 fully saturated rings. The van der Waals surface area contributed by atoms with E-state index in [1.807, 2.05) is 0 Å². The van der Waals surface area contributed by atoms with E-state index in [2.05, 4.69) is 0 Å². The van der Waals surface area contributed by atoms with Crippen molar-refractivity contribution in [2.75, 3.05) is 13.2 Å². The van der Waals surface area contributed by atoms with Gasteiger partial charge in [0.05, 0.1) is 13.2 Å². The monoisotopic (exact) mass is 99.1 g/mol. The molecule has 0 aliphatic carbocycles. The molecule has 0 aliphatic heterocycles. The van der Waals surface area contributed by atoms with Crippen LogP contribution in [-0.4, -0.2) is 53.5 Å². The molecule has 0 bridgehead atoms. The van der Waals surface area contributed by atoms with Crippen molar-refractivity contribution in [2.45, 2.75) is 6.10 Å². The number of aliphatic hydroxyl groups excluding tert-OH is 3. The Morgan fingerprint density at radius 1 is 1.14 bits per heavy atom. The molecular weight excluding hydrogens is 91.0 g/mol. The normalized spacial score (nSPS) is 8.57. The SMILES string of the molecule is OCC(O)CO.[Li]. The molecule has 39 valence electrons. The summed E-state index contributed by atoms with van der Waals surface area (Å²) >= 11 is 0. The minimum atomic E-state index is -0.954. The van der Waals surface area contributed by atoms with Crippen molar-refractivity contribution in [1.82, 2.24) is 0 Å². The average Bonchev–Trinajstić information content (AvgIpc) is 1.65. The first-order chi connectivity index (χ1) is 2.81. The van der Waals surface area contributed by atoms with Crippen LogP contribution in [-0.2, 0) is 0 Å². The van der Waals surface area contributed by atoms with Crippen LogP contribution in [0.25, 0.3) is 0 Å². The van der Waals surface area contributed by atoms with E-state index in [0.717, 1.165) is 0 Å². The van der Waals surface area contributed by atoms with Gasteiger partial charge in [0, 0.05) is 18.9 Å². The molecule has 0 atom stereocenters. The van der Waals surface area contributed by atoms with E-state index in [1.54, 1.807) is 0 Å². The Balaban J connectivity index is 0. The third-order valence-electron chi connectivity index (χ3n) is 0.421. The second kappa shape index (κ2) is 6.48. The molecule has 0 unspecified atom stereocenters. The molecule has 0 spiro atoms. The summed E-state index contributed by atoms with van der Waals surface area (Å²) in [5.41, 5.74) is 0. The van der Waals surface area contributed by atoms with E-state index in [9.17, 15) is 0 Å². The van der Waals surface area contributed by atoms with Gasteiger partial charge in [-0.2, -0.15) is 0 Å². The largest absolute Gasteiger partial charge is 0.394 e. The Kier molecular flexibility index (Phi) is 9.68. The van der Waals surface area contributed by atoms with Gasteiger partial charge in [-0.15, -0.1) is 0 Å². The Morgan fingerprint density at radius 2 is 1.43 bits per heavy atom. The minimum Gasteiger partial charge on any atom is -0.394 e. The van der Waals surface area contributed by atoms with Crippen LogP contribution in [0, 0.1) is 0 Å². The van der Waals surface area contributed by atoms with Crippen LogP contribution >= 0.6 is 0 Å². The summed E-state index contributed by atoms with van der Waals surface area (Å²) in [4.78, 5) is 0. The van der Waals surface area contributed by atoms with Crippen LogP contribution in [0.15, 0.2) is 0 Å². The third kappa shape index (κ3) is 6.48. The topological polar surface area (TPSA) is 60.7 Å². The van der Waals surface area contributed by atoms with Crippen molar-refractivity contribution in [3.8, 4) is 0 Å². The van der Waals surface area contributed by atoms with Crippen LogP contribution in [0.2, 0.25) is 0 Å². The predicted octanol–water partition coefficient (Wildman–Crippen LogP) is -2.05. The second-order valence-electron chi connectivity index (χ2n) is 1.02. The van der Waals surface area contributed by atoms with E-state index in [1.165, 1.54) is 0 Å². The van der Waals surface area contributed by atoms with Crippen molar-refractivity contribution in [3.05, 3.63) is 0 Å². The molecule has 1 radical (unpaired) electrons. The fourth-order valence-corrected chi connectivity index (χ4v) is 0.0577. The zero-order valence-corrected chi connectivity index (χ0v) is 4.33. The van der Waals surface area contributed by atoms with Gasteiger partial charge in [0.1, 0.15) is 6.10 Å². The zero-order chi connectivity index (χ0) is 4.99. The van der Waals surface area contributed by atoms with Gasteiger partial charge < -0.3 is 15.3 Å². The van der Waals surface area contributed by atoms with Gasteiger partial charge in [-0.05, 0) is 0 Å². The molecule has 7 heavy (non-hydrogen) atoms. The van der Waals surface area contributed by atoms with Crippen molar-refractivity contribution < 1.29 is 15.3 Å². The number of rotatable bonds is 2. The first kappa shape index (κ1) is 10.5. The summed E-state index contributed by atoms with van der Waals surface area (Å²) in [6, 6.07) is 0. The standard InChI is InChI=1S/C3H8O3.Li/c4-1-3(6)2-5;/h3-6H,1-2H2;. The number of aliphatic hydroxyl groups is 3. The minimum absolute atomic E-state index is 0. The van der Waals surface area contributed by atoms with E-state index in [0.29, 0.717) is 0 Å². The summed E-state index contributed by atoms with van der Waals surface area (Å²) in [5.74, 6) is 0. The van der Waals surface area contributed by atoms with Gasteiger partial charge >= 0.3 is 0 Å². The van der Waals surface area contributed by atoms with E-state index < -0.39 is 6.10 Å². The number of hydrogen-bond donors (Lipinski definition) is 3. The summed E-state index contributed by atoms with van der Waals surface area (Å²) < 4.78 is 0. The van der Waals surface area contributed by atoms with Gasteiger partial charge in [-0.3, -0.25) is 0 Å². The molecular formula is C3H8LiO3. The van der Waals surface area contributed by atoms with Crippen LogP contribution < -0.4 is 0 Å². The van der Waals surface area contributed by atoms with Gasteiger partial charge in [0.2, 0.25) is 0 Å². The maximum absolute atomic E-state index is 8.17. The molecule has 0 saturated heterocycles. The van der Waals surface area contributed by atoms with Gasteiger partial charge in [-0.25, -0.2) is 0 Å². The summed E-state index contributed by atoms with van der Waals surface area (Å²) in [6.45, 7) is -0.729. The van der Waals surface area contributed by atoms with Crippen molar-refractivity contribution in [3.63, 3.8) is 0 Å². The summed E-state index contributed by atoms with van der Waals surface area (Å²) in [5, 5.41) is 24.0. The Morgan fingerprint density at radius 3 is 1.43 bits per heavy atom. The number of hydrogen-bond acceptors (Lipinski definition) is 3. The van der Waals surface area contributed by atoms with Gasteiger partial charge in [0.25, 0.3) is 0 Å². The molecule has 4 heteroatoms. The zero-order valence-electron chi connectivity index (χ0n) is 4.33. The molecule has 0 rings (SSSR count). The molecule has 0 heterocycles. The van der Waals surface area contributed by atoms with E-state index in [-0.39, 0.29) is 32.1 Å². The quantitative estimate of drug-likeness (QED) is 0.349. The maximum Gasteiger partial charge on any atom is 0.100 e. The third-order valence-corrected chi connectivity index (χ3v) is 0.421.